The van der Waals surface area contributed by atoms with E-state index in [4.69, 9.17) is 0 Å². The average molecular weight is 230 g/mol. The molecule has 17 heavy (non-hydrogen) atoms. The van der Waals surface area contributed by atoms with E-state index in [2.05, 4.69) is 10.2 Å². The van der Waals surface area contributed by atoms with Gasteiger partial charge in [-0.3, -0.25) is 4.79 Å². The summed E-state index contributed by atoms with van der Waals surface area (Å²) in [6.07, 6.45) is 0.511. The Morgan fingerprint density at radius 1 is 1.29 bits per heavy atom. The highest BCUT2D eigenvalue weighted by Crippen LogP contribution is 2.26. The lowest BCUT2D eigenvalue weighted by Gasteiger charge is -2.12. The van der Waals surface area contributed by atoms with E-state index in [0.29, 0.717) is 12.1 Å². The largest absolute Gasteiger partial charge is 0.481 e. The summed E-state index contributed by atoms with van der Waals surface area (Å²) >= 11 is 0. The number of benzene rings is 1. The van der Waals surface area contributed by atoms with Crippen molar-refractivity contribution in [3.8, 4) is 0 Å². The number of nitrogens with zero attached hydrogens (tertiary/aromatic N) is 2. The second-order valence-corrected chi connectivity index (χ2v) is 4.02. The van der Waals surface area contributed by atoms with E-state index in [1.165, 1.54) is 0 Å². The number of hydrogen-bond acceptors (Lipinski definition) is 3. The molecule has 1 heterocycles. The van der Waals surface area contributed by atoms with E-state index in [-0.39, 0.29) is 0 Å². The van der Waals surface area contributed by atoms with Crippen molar-refractivity contribution in [1.29, 1.82) is 0 Å². The molecule has 0 radical (unpaired) electrons. The zero-order valence-corrected chi connectivity index (χ0v) is 9.84. The van der Waals surface area contributed by atoms with Gasteiger partial charge in [-0.15, -0.1) is 0 Å². The molecule has 1 unspecified atom stereocenters. The smallest absolute Gasteiger partial charge is 0.312 e. The summed E-state index contributed by atoms with van der Waals surface area (Å²) in [4.78, 5) is 11.2. The molecule has 0 bridgehead atoms. The van der Waals surface area contributed by atoms with Crippen LogP contribution >= 0.6 is 0 Å². The van der Waals surface area contributed by atoms with Crippen molar-refractivity contribution in [2.45, 2.75) is 26.2 Å². The van der Waals surface area contributed by atoms with Gasteiger partial charge in [0, 0.05) is 10.8 Å². The Morgan fingerprint density at radius 3 is 2.53 bits per heavy atom. The standard InChI is InChI=1S/C13H14N2O2/c1-3-9(13(16)17)12-11-7-5-4-6-10(11)8(2)14-15-12/h4-7,9H,3H2,1-2H3,(H,16,17). The normalized spacial score (nSPS) is 12.6. The van der Waals surface area contributed by atoms with Gasteiger partial charge in [0.05, 0.1) is 11.4 Å². The third kappa shape index (κ3) is 1.98. The predicted molar refractivity (Wildman–Crippen MR) is 64.9 cm³/mol. The average Bonchev–Trinajstić information content (AvgIpc) is 2.33. The first-order chi connectivity index (χ1) is 8.15. The molecular formula is C13H14N2O2. The quantitative estimate of drug-likeness (QED) is 0.880. The van der Waals surface area contributed by atoms with E-state index in [9.17, 15) is 9.90 Å². The summed E-state index contributed by atoms with van der Waals surface area (Å²) in [6.45, 7) is 3.72. The molecule has 88 valence electrons. The highest BCUT2D eigenvalue weighted by Gasteiger charge is 2.22. The van der Waals surface area contributed by atoms with E-state index in [1.54, 1.807) is 0 Å². The van der Waals surface area contributed by atoms with E-state index >= 15 is 0 Å². The van der Waals surface area contributed by atoms with Gasteiger partial charge in [-0.25, -0.2) is 0 Å². The molecule has 1 aromatic heterocycles. The van der Waals surface area contributed by atoms with E-state index < -0.39 is 11.9 Å². The van der Waals surface area contributed by atoms with Crippen LogP contribution in [0.3, 0.4) is 0 Å². The summed E-state index contributed by atoms with van der Waals surface area (Å²) in [7, 11) is 0. The summed E-state index contributed by atoms with van der Waals surface area (Å²) < 4.78 is 0. The van der Waals surface area contributed by atoms with Crippen LogP contribution in [-0.4, -0.2) is 21.3 Å². The second kappa shape index (κ2) is 4.49. The van der Waals surface area contributed by atoms with Crippen molar-refractivity contribution < 1.29 is 9.90 Å². The van der Waals surface area contributed by atoms with Gasteiger partial charge in [0.1, 0.15) is 5.92 Å². The number of rotatable bonds is 3. The van der Waals surface area contributed by atoms with Crippen molar-refractivity contribution in [2.75, 3.05) is 0 Å². The molecule has 1 N–H and O–H groups in total. The van der Waals surface area contributed by atoms with Gasteiger partial charge < -0.3 is 5.11 Å². The zero-order chi connectivity index (χ0) is 12.4. The van der Waals surface area contributed by atoms with Crippen LogP contribution in [0.2, 0.25) is 0 Å². The van der Waals surface area contributed by atoms with Crippen LogP contribution in [0.4, 0.5) is 0 Å². The first-order valence-corrected chi connectivity index (χ1v) is 5.60. The zero-order valence-electron chi connectivity index (χ0n) is 9.84. The van der Waals surface area contributed by atoms with Crippen LogP contribution in [0.1, 0.15) is 30.7 Å². The molecule has 0 saturated carbocycles. The van der Waals surface area contributed by atoms with Crippen LogP contribution in [0.15, 0.2) is 24.3 Å². The summed E-state index contributed by atoms with van der Waals surface area (Å²) in [5, 5.41) is 19.2. The number of aliphatic carboxylic acids is 1. The minimum Gasteiger partial charge on any atom is -0.481 e. The SMILES string of the molecule is CCC(C(=O)O)c1nnc(C)c2ccccc12. The van der Waals surface area contributed by atoms with Crippen LogP contribution < -0.4 is 0 Å². The highest BCUT2D eigenvalue weighted by atomic mass is 16.4. The van der Waals surface area contributed by atoms with Crippen LogP contribution in [-0.2, 0) is 4.79 Å². The minimum atomic E-state index is -0.851. The maximum absolute atomic E-state index is 11.2. The fraction of sp³-hybridized carbons (Fsp3) is 0.308. The molecular weight excluding hydrogens is 216 g/mol. The number of hydrogen-bond donors (Lipinski definition) is 1. The molecule has 2 aromatic rings. The second-order valence-electron chi connectivity index (χ2n) is 4.02. The number of aromatic nitrogens is 2. The fourth-order valence-electron chi connectivity index (χ4n) is 2.00. The third-order valence-electron chi connectivity index (χ3n) is 2.94. The molecule has 0 spiro atoms. The van der Waals surface area contributed by atoms with Crippen molar-refractivity contribution >= 4 is 16.7 Å². The molecule has 0 aliphatic rings. The number of fused-ring (bicyclic) bond motifs is 1. The van der Waals surface area contributed by atoms with E-state index in [1.807, 2.05) is 38.1 Å². The molecule has 0 amide bonds. The molecule has 1 aromatic carbocycles. The number of carboxylic acid groups (broad SMARTS) is 1. The fourth-order valence-corrected chi connectivity index (χ4v) is 2.00. The summed E-state index contributed by atoms with van der Waals surface area (Å²) in [5.74, 6) is -1.44. The molecule has 0 saturated heterocycles. The highest BCUT2D eigenvalue weighted by molar-refractivity contribution is 5.90. The first-order valence-electron chi connectivity index (χ1n) is 5.60. The molecule has 0 aliphatic heterocycles. The van der Waals surface area contributed by atoms with Gasteiger partial charge in [0.15, 0.2) is 0 Å². The van der Waals surface area contributed by atoms with Gasteiger partial charge in [-0.2, -0.15) is 10.2 Å². The van der Waals surface area contributed by atoms with Gasteiger partial charge in [-0.05, 0) is 13.3 Å². The molecule has 4 heteroatoms. The summed E-state index contributed by atoms with van der Waals surface area (Å²) in [6, 6.07) is 7.65. The van der Waals surface area contributed by atoms with Crippen molar-refractivity contribution in [1.82, 2.24) is 10.2 Å². The Hall–Kier alpha value is -1.97. The van der Waals surface area contributed by atoms with Crippen molar-refractivity contribution in [3.63, 3.8) is 0 Å². The maximum Gasteiger partial charge on any atom is 0.312 e. The Kier molecular flexibility index (Phi) is 3.04. The topological polar surface area (TPSA) is 63.1 Å². The van der Waals surface area contributed by atoms with Gasteiger partial charge in [0.25, 0.3) is 0 Å². The number of carbonyl (C=O) groups is 1. The van der Waals surface area contributed by atoms with Crippen LogP contribution in [0.5, 0.6) is 0 Å². The lowest BCUT2D eigenvalue weighted by atomic mass is 9.97. The summed E-state index contributed by atoms with van der Waals surface area (Å²) in [5.41, 5.74) is 1.38. The van der Waals surface area contributed by atoms with Gasteiger partial charge >= 0.3 is 5.97 Å². The van der Waals surface area contributed by atoms with Crippen LogP contribution in [0.25, 0.3) is 10.8 Å². The monoisotopic (exact) mass is 230 g/mol. The Bertz CT molecular complexity index is 566. The lowest BCUT2D eigenvalue weighted by molar-refractivity contribution is -0.138. The minimum absolute atomic E-state index is 0.511. The van der Waals surface area contributed by atoms with Crippen molar-refractivity contribution in [2.24, 2.45) is 0 Å². The molecule has 2 rings (SSSR count). The van der Waals surface area contributed by atoms with Crippen LogP contribution in [0, 0.1) is 6.92 Å². The molecule has 0 fully saturated rings. The molecule has 1 atom stereocenters. The lowest BCUT2D eigenvalue weighted by Crippen LogP contribution is -2.13. The van der Waals surface area contributed by atoms with E-state index in [0.717, 1.165) is 16.5 Å². The third-order valence-corrected chi connectivity index (χ3v) is 2.94. The Labute approximate surface area is 99.3 Å². The first kappa shape index (κ1) is 11.5. The molecule has 0 aliphatic carbocycles. The number of carboxylic acids is 1. The van der Waals surface area contributed by atoms with Gasteiger partial charge in [-0.1, -0.05) is 31.2 Å². The maximum atomic E-state index is 11.2. The predicted octanol–water partition coefficient (Wildman–Crippen LogP) is 2.52. The number of aryl methyl sites for hydroxylation is 1. The molecule has 4 nitrogen and oxygen atoms in total. The van der Waals surface area contributed by atoms with Gasteiger partial charge in [0.2, 0.25) is 0 Å². The Balaban J connectivity index is 2.70. The Morgan fingerprint density at radius 2 is 1.94 bits per heavy atom. The van der Waals surface area contributed by atoms with Crippen molar-refractivity contribution in [3.05, 3.63) is 35.7 Å².